The maximum atomic E-state index is 2.43. The smallest absolute Gasteiger partial charge is 0.00185 e. The lowest BCUT2D eigenvalue weighted by atomic mass is 9.81. The van der Waals surface area contributed by atoms with Crippen LogP contribution in [0.5, 0.6) is 0 Å². The van der Waals surface area contributed by atoms with Gasteiger partial charge in [-0.25, -0.2) is 0 Å². The molecule has 1 aliphatic carbocycles. The summed E-state index contributed by atoms with van der Waals surface area (Å²) < 4.78 is 0. The third-order valence-corrected chi connectivity index (χ3v) is 5.13. The summed E-state index contributed by atoms with van der Waals surface area (Å²) in [5, 5.41) is 0. The molecule has 1 aliphatic rings. The van der Waals surface area contributed by atoms with Gasteiger partial charge in [0.05, 0.1) is 0 Å². The highest BCUT2D eigenvalue weighted by Crippen LogP contribution is 2.35. The molecule has 2 aromatic carbocycles. The van der Waals surface area contributed by atoms with Crippen molar-refractivity contribution in [2.45, 2.75) is 57.8 Å². The first-order valence-corrected chi connectivity index (χ1v) is 9.16. The van der Waals surface area contributed by atoms with Crippen LogP contribution < -0.4 is 0 Å². The first kappa shape index (κ1) is 16.1. The quantitative estimate of drug-likeness (QED) is 0.559. The van der Waals surface area contributed by atoms with E-state index in [0.29, 0.717) is 11.8 Å². The Kier molecular flexibility index (Phi) is 5.33. The monoisotopic (exact) mass is 304 g/mol. The van der Waals surface area contributed by atoms with Crippen LogP contribution in [0, 0.1) is 0 Å². The van der Waals surface area contributed by atoms with Gasteiger partial charge < -0.3 is 0 Å². The van der Waals surface area contributed by atoms with Gasteiger partial charge in [-0.3, -0.25) is 0 Å². The van der Waals surface area contributed by atoms with Crippen molar-refractivity contribution in [2.75, 3.05) is 0 Å². The van der Waals surface area contributed by atoms with Crippen molar-refractivity contribution in [3.05, 3.63) is 82.9 Å². The molecule has 0 N–H and O–H groups in total. The second-order valence-electron chi connectivity index (χ2n) is 6.76. The van der Waals surface area contributed by atoms with Crippen LogP contribution in [0.4, 0.5) is 0 Å². The average molecular weight is 304 g/mol. The van der Waals surface area contributed by atoms with Gasteiger partial charge in [0.25, 0.3) is 0 Å². The molecule has 0 radical (unpaired) electrons. The molecule has 0 aliphatic heterocycles. The van der Waals surface area contributed by atoms with Gasteiger partial charge in [0.1, 0.15) is 0 Å². The summed E-state index contributed by atoms with van der Waals surface area (Å²) in [4.78, 5) is 0. The van der Waals surface area contributed by atoms with Crippen LogP contribution in [0.15, 0.2) is 60.7 Å². The van der Waals surface area contributed by atoms with Crippen LogP contribution in [0.3, 0.4) is 0 Å². The van der Waals surface area contributed by atoms with E-state index in [4.69, 9.17) is 0 Å². The molecule has 0 aromatic heterocycles. The fourth-order valence-electron chi connectivity index (χ4n) is 3.60. The molecule has 2 unspecified atom stereocenters. The second-order valence-corrected chi connectivity index (χ2v) is 6.76. The van der Waals surface area contributed by atoms with E-state index >= 15 is 0 Å². The van der Waals surface area contributed by atoms with Crippen molar-refractivity contribution in [3.8, 4) is 0 Å². The molecule has 0 saturated carbocycles. The molecule has 2 aromatic rings. The zero-order valence-corrected chi connectivity index (χ0v) is 14.5. The summed E-state index contributed by atoms with van der Waals surface area (Å²) in [7, 11) is 0. The van der Waals surface area contributed by atoms with Crippen LogP contribution >= 0.6 is 0 Å². The van der Waals surface area contributed by atoms with Crippen molar-refractivity contribution < 1.29 is 0 Å². The minimum Gasteiger partial charge on any atom is -0.0804 e. The van der Waals surface area contributed by atoms with E-state index in [1.54, 1.807) is 0 Å². The lowest BCUT2D eigenvalue weighted by Crippen LogP contribution is -2.06. The van der Waals surface area contributed by atoms with Crippen molar-refractivity contribution >= 4 is 0 Å². The van der Waals surface area contributed by atoms with Crippen LogP contribution in [0.1, 0.15) is 67.2 Å². The molecular formula is C23H28. The summed E-state index contributed by atoms with van der Waals surface area (Å²) >= 11 is 0. The molecule has 23 heavy (non-hydrogen) atoms. The molecule has 0 nitrogen and oxygen atoms in total. The third kappa shape index (κ3) is 3.93. The highest BCUT2D eigenvalue weighted by atomic mass is 14.2. The Bertz CT molecular complexity index is 631. The highest BCUT2D eigenvalue weighted by Gasteiger charge is 2.18. The average Bonchev–Trinajstić information content (AvgIpc) is 2.63. The number of benzene rings is 2. The van der Waals surface area contributed by atoms with Gasteiger partial charge >= 0.3 is 0 Å². The van der Waals surface area contributed by atoms with Gasteiger partial charge in [0.2, 0.25) is 0 Å². The summed E-state index contributed by atoms with van der Waals surface area (Å²) in [6.07, 6.45) is 10.9. The van der Waals surface area contributed by atoms with Crippen molar-refractivity contribution in [3.63, 3.8) is 0 Å². The Hall–Kier alpha value is -1.82. The lowest BCUT2D eigenvalue weighted by molar-refractivity contribution is 0.600. The fraction of sp³-hybridized carbons (Fsp3) is 0.391. The minimum absolute atomic E-state index is 0.594. The van der Waals surface area contributed by atoms with E-state index in [0.717, 1.165) is 6.42 Å². The molecule has 2 atom stereocenters. The van der Waals surface area contributed by atoms with Crippen molar-refractivity contribution in [1.29, 1.82) is 0 Å². The summed E-state index contributed by atoms with van der Waals surface area (Å²) in [5.74, 6) is 1.19. The van der Waals surface area contributed by atoms with Crippen LogP contribution in [-0.2, 0) is 12.8 Å². The van der Waals surface area contributed by atoms with Crippen molar-refractivity contribution in [1.82, 2.24) is 0 Å². The zero-order valence-electron chi connectivity index (χ0n) is 14.5. The Morgan fingerprint density at radius 3 is 1.57 bits per heavy atom. The maximum absolute atomic E-state index is 2.43. The SMILES string of the molecule is CCCc1ccc(C2C=CC(c3ccc(CC)cc3)CC2)cc1. The first-order chi connectivity index (χ1) is 11.3. The predicted octanol–water partition coefficient (Wildman–Crippen LogP) is 6.42. The second kappa shape index (κ2) is 7.64. The van der Waals surface area contributed by atoms with Gasteiger partial charge in [-0.15, -0.1) is 0 Å². The molecule has 0 fully saturated rings. The summed E-state index contributed by atoms with van der Waals surface area (Å²) in [6.45, 7) is 4.46. The molecule has 3 rings (SSSR count). The van der Waals surface area contributed by atoms with Crippen LogP contribution in [-0.4, -0.2) is 0 Å². The highest BCUT2D eigenvalue weighted by molar-refractivity contribution is 5.33. The van der Waals surface area contributed by atoms with Crippen LogP contribution in [0.2, 0.25) is 0 Å². The number of hydrogen-bond acceptors (Lipinski definition) is 0. The molecule has 0 spiro atoms. The van der Waals surface area contributed by atoms with Crippen molar-refractivity contribution in [2.24, 2.45) is 0 Å². The maximum Gasteiger partial charge on any atom is 0.00185 e. The summed E-state index contributed by atoms with van der Waals surface area (Å²) in [5.41, 5.74) is 5.83. The van der Waals surface area contributed by atoms with E-state index in [1.807, 2.05) is 0 Å². The number of allylic oxidation sites excluding steroid dienone is 2. The Morgan fingerprint density at radius 2 is 1.17 bits per heavy atom. The predicted molar refractivity (Wildman–Crippen MR) is 100 cm³/mol. The zero-order chi connectivity index (χ0) is 16.1. The Morgan fingerprint density at radius 1 is 0.696 bits per heavy atom. The normalized spacial score (nSPS) is 20.6. The number of rotatable bonds is 5. The Labute approximate surface area is 141 Å². The third-order valence-electron chi connectivity index (χ3n) is 5.13. The first-order valence-electron chi connectivity index (χ1n) is 9.16. The summed E-state index contributed by atoms with van der Waals surface area (Å²) in [6, 6.07) is 18.5. The standard InChI is InChI=1S/C23H28/c1-3-5-19-8-12-21(13-9-19)23-16-14-22(15-17-23)20-10-6-18(4-2)7-11-20/h6-14,16,22-23H,3-5,15,17H2,1-2H3. The molecule has 0 saturated heterocycles. The number of aryl methyl sites for hydroxylation is 2. The molecule has 0 heteroatoms. The Balaban J connectivity index is 1.67. The van der Waals surface area contributed by atoms with Crippen LogP contribution in [0.25, 0.3) is 0 Å². The molecule has 0 heterocycles. The molecule has 120 valence electrons. The van der Waals surface area contributed by atoms with Gasteiger partial charge in [-0.1, -0.05) is 81.0 Å². The lowest BCUT2D eigenvalue weighted by Gasteiger charge is -2.24. The molecular weight excluding hydrogens is 276 g/mol. The van der Waals surface area contributed by atoms with Gasteiger partial charge in [0.15, 0.2) is 0 Å². The van der Waals surface area contributed by atoms with Gasteiger partial charge in [-0.2, -0.15) is 0 Å². The topological polar surface area (TPSA) is 0 Å². The van der Waals surface area contributed by atoms with Gasteiger partial charge in [0, 0.05) is 11.8 Å². The van der Waals surface area contributed by atoms with E-state index in [-0.39, 0.29) is 0 Å². The largest absolute Gasteiger partial charge is 0.0804 e. The van der Waals surface area contributed by atoms with E-state index in [9.17, 15) is 0 Å². The fourth-order valence-corrected chi connectivity index (χ4v) is 3.60. The molecule has 0 amide bonds. The molecule has 0 bridgehead atoms. The minimum atomic E-state index is 0.594. The number of hydrogen-bond donors (Lipinski definition) is 0. The van der Waals surface area contributed by atoms with E-state index in [1.165, 1.54) is 47.9 Å². The van der Waals surface area contributed by atoms with E-state index < -0.39 is 0 Å². The van der Waals surface area contributed by atoms with Gasteiger partial charge in [-0.05, 0) is 47.9 Å². The van der Waals surface area contributed by atoms with E-state index in [2.05, 4.69) is 74.5 Å².